The van der Waals surface area contributed by atoms with Crippen LogP contribution in [0.5, 0.6) is 0 Å². The zero-order valence-electron chi connectivity index (χ0n) is 11.2. The third-order valence-corrected chi connectivity index (χ3v) is 2.45. The van der Waals surface area contributed by atoms with Gasteiger partial charge < -0.3 is 4.74 Å². The monoisotopic (exact) mass is 260 g/mol. The smallest absolute Gasteiger partial charge is 0.442 e. The van der Waals surface area contributed by atoms with Gasteiger partial charge in [-0.2, -0.15) is 0 Å². The molecule has 100 valence electrons. The van der Waals surface area contributed by atoms with E-state index in [4.69, 9.17) is 4.74 Å². The molecule has 0 aliphatic heterocycles. The maximum atomic E-state index is 11.7. The van der Waals surface area contributed by atoms with Gasteiger partial charge in [0.15, 0.2) is 5.82 Å². The molecule has 0 aliphatic carbocycles. The minimum atomic E-state index is -0.633. The highest BCUT2D eigenvalue weighted by atomic mass is 16.6. The summed E-state index contributed by atoms with van der Waals surface area (Å²) in [4.78, 5) is 12.6. The quantitative estimate of drug-likeness (QED) is 0.827. The molecule has 0 saturated carbocycles. The molecule has 0 bridgehead atoms. The van der Waals surface area contributed by atoms with E-state index in [0.29, 0.717) is 5.82 Å². The summed E-state index contributed by atoms with van der Waals surface area (Å²) in [5, 5.41) is 11.6. The molecule has 0 N–H and O–H groups in total. The Morgan fingerprint density at radius 3 is 2.53 bits per heavy atom. The van der Waals surface area contributed by atoms with Crippen molar-refractivity contribution in [1.29, 1.82) is 0 Å². The number of hydrogen-bond acceptors (Lipinski definition) is 5. The Morgan fingerprint density at radius 1 is 1.26 bits per heavy atom. The van der Waals surface area contributed by atoms with E-state index < -0.39 is 6.09 Å². The van der Waals surface area contributed by atoms with Gasteiger partial charge in [0, 0.05) is 5.41 Å². The van der Waals surface area contributed by atoms with Crippen LogP contribution in [0.1, 0.15) is 32.2 Å². The van der Waals surface area contributed by atoms with Crippen molar-refractivity contribution in [2.45, 2.75) is 32.8 Å². The normalized spacial score (nSPS) is 11.3. The van der Waals surface area contributed by atoms with Gasteiger partial charge in [0.1, 0.15) is 6.61 Å². The molecule has 2 rings (SSSR count). The molecule has 0 radical (unpaired) electrons. The molecule has 1 aromatic carbocycles. The third-order valence-electron chi connectivity index (χ3n) is 2.45. The second kappa shape index (κ2) is 5.17. The molecule has 6 nitrogen and oxygen atoms in total. The molecular weight excluding hydrogens is 244 g/mol. The van der Waals surface area contributed by atoms with Crippen LogP contribution in [0.3, 0.4) is 0 Å². The highest BCUT2D eigenvalue weighted by molar-refractivity contribution is 5.67. The molecule has 6 heteroatoms. The van der Waals surface area contributed by atoms with E-state index in [9.17, 15) is 4.79 Å². The first-order chi connectivity index (χ1) is 8.97. The lowest BCUT2D eigenvalue weighted by Crippen LogP contribution is -2.19. The van der Waals surface area contributed by atoms with Crippen LogP contribution in [-0.2, 0) is 16.8 Å². The van der Waals surface area contributed by atoms with Crippen LogP contribution in [-0.4, -0.2) is 26.3 Å². The Hall–Kier alpha value is -2.24. The zero-order chi connectivity index (χ0) is 13.9. The third kappa shape index (κ3) is 3.37. The largest absolute Gasteiger partial charge is 0.454 e. The number of carbonyl (C=O) groups is 1. The van der Waals surface area contributed by atoms with Crippen molar-refractivity contribution in [3.8, 4) is 0 Å². The van der Waals surface area contributed by atoms with E-state index in [2.05, 4.69) is 15.4 Å². The summed E-state index contributed by atoms with van der Waals surface area (Å²) in [6.45, 7) is 6.03. The van der Waals surface area contributed by atoms with Crippen LogP contribution in [0.2, 0.25) is 0 Å². The Kier molecular flexibility index (Phi) is 3.59. The van der Waals surface area contributed by atoms with E-state index in [1.165, 1.54) is 0 Å². The van der Waals surface area contributed by atoms with Gasteiger partial charge in [0.05, 0.1) is 0 Å². The summed E-state index contributed by atoms with van der Waals surface area (Å²) in [7, 11) is 0. The molecule has 0 atom stereocenters. The molecule has 0 saturated heterocycles. The van der Waals surface area contributed by atoms with Crippen molar-refractivity contribution < 1.29 is 9.53 Å². The number of ether oxygens (including phenoxy) is 1. The minimum Gasteiger partial charge on any atom is -0.442 e. The lowest BCUT2D eigenvalue weighted by Gasteiger charge is -2.10. The number of tetrazole rings is 1. The topological polar surface area (TPSA) is 69.9 Å². The average Bonchev–Trinajstić information content (AvgIpc) is 2.87. The van der Waals surface area contributed by atoms with E-state index in [-0.39, 0.29) is 12.0 Å². The SMILES string of the molecule is CC(C)(C)c1nnn(C(=O)OCc2ccccc2)n1. The molecule has 1 aromatic heterocycles. The summed E-state index contributed by atoms with van der Waals surface area (Å²) in [6, 6.07) is 9.42. The highest BCUT2D eigenvalue weighted by Crippen LogP contribution is 2.16. The van der Waals surface area contributed by atoms with Crippen molar-refractivity contribution in [2.24, 2.45) is 0 Å². The van der Waals surface area contributed by atoms with Crippen molar-refractivity contribution in [1.82, 2.24) is 20.2 Å². The van der Waals surface area contributed by atoms with Crippen molar-refractivity contribution in [3.63, 3.8) is 0 Å². The van der Waals surface area contributed by atoms with Gasteiger partial charge in [-0.25, -0.2) is 4.79 Å². The summed E-state index contributed by atoms with van der Waals surface area (Å²) < 4.78 is 5.10. The van der Waals surface area contributed by atoms with Gasteiger partial charge in [-0.05, 0) is 10.8 Å². The molecule has 19 heavy (non-hydrogen) atoms. The fourth-order valence-electron chi connectivity index (χ4n) is 1.37. The maximum Gasteiger partial charge on any atom is 0.454 e. The van der Waals surface area contributed by atoms with E-state index in [0.717, 1.165) is 10.4 Å². The van der Waals surface area contributed by atoms with Crippen LogP contribution < -0.4 is 0 Å². The number of carbonyl (C=O) groups excluding carboxylic acids is 1. The highest BCUT2D eigenvalue weighted by Gasteiger charge is 2.22. The fourth-order valence-corrected chi connectivity index (χ4v) is 1.37. The van der Waals surface area contributed by atoms with Gasteiger partial charge in [0.25, 0.3) is 0 Å². The summed E-state index contributed by atoms with van der Waals surface area (Å²) in [6.07, 6.45) is -0.633. The molecule has 0 fully saturated rings. The van der Waals surface area contributed by atoms with Gasteiger partial charge in [-0.3, -0.25) is 0 Å². The average molecular weight is 260 g/mol. The van der Waals surface area contributed by atoms with Crippen LogP contribution in [0.15, 0.2) is 30.3 Å². The van der Waals surface area contributed by atoms with Gasteiger partial charge in [-0.15, -0.1) is 10.2 Å². The van der Waals surface area contributed by atoms with E-state index in [1.54, 1.807) is 0 Å². The van der Waals surface area contributed by atoms with E-state index >= 15 is 0 Å². The van der Waals surface area contributed by atoms with Gasteiger partial charge in [0.2, 0.25) is 0 Å². The molecule has 1 heterocycles. The Morgan fingerprint density at radius 2 is 1.95 bits per heavy atom. The lowest BCUT2D eigenvalue weighted by molar-refractivity contribution is 0.133. The number of nitrogens with zero attached hydrogens (tertiary/aromatic N) is 4. The predicted molar refractivity (Wildman–Crippen MR) is 68.5 cm³/mol. The lowest BCUT2D eigenvalue weighted by atomic mass is 9.96. The molecule has 0 amide bonds. The molecular formula is C13H16N4O2. The van der Waals surface area contributed by atoms with Crippen molar-refractivity contribution >= 4 is 6.09 Å². The van der Waals surface area contributed by atoms with E-state index in [1.807, 2.05) is 51.1 Å². The summed E-state index contributed by atoms with van der Waals surface area (Å²) in [5.74, 6) is 0.504. The Bertz CT molecular complexity index is 558. The first-order valence-corrected chi connectivity index (χ1v) is 5.98. The van der Waals surface area contributed by atoms with Crippen LogP contribution in [0.4, 0.5) is 4.79 Å². The molecule has 2 aromatic rings. The summed E-state index contributed by atoms with van der Waals surface area (Å²) in [5.41, 5.74) is 0.657. The number of aromatic nitrogens is 4. The second-order valence-corrected chi connectivity index (χ2v) is 5.19. The van der Waals surface area contributed by atoms with Crippen molar-refractivity contribution in [3.05, 3.63) is 41.7 Å². The molecule has 0 aliphatic rings. The van der Waals surface area contributed by atoms with Gasteiger partial charge >= 0.3 is 6.09 Å². The predicted octanol–water partition coefficient (Wildman–Crippen LogP) is 2.16. The molecule has 0 spiro atoms. The first kappa shape index (κ1) is 13.2. The fraction of sp³-hybridized carbons (Fsp3) is 0.385. The number of benzene rings is 1. The summed E-state index contributed by atoms with van der Waals surface area (Å²) >= 11 is 0. The Balaban J connectivity index is 1.99. The first-order valence-electron chi connectivity index (χ1n) is 5.98. The maximum absolute atomic E-state index is 11.7. The standard InChI is InChI=1S/C13H16N4O2/c1-13(2,3)11-14-16-17(15-11)12(18)19-9-10-7-5-4-6-8-10/h4-8H,9H2,1-3H3. The van der Waals surface area contributed by atoms with Crippen molar-refractivity contribution in [2.75, 3.05) is 0 Å². The second-order valence-electron chi connectivity index (χ2n) is 5.19. The van der Waals surface area contributed by atoms with Gasteiger partial charge in [-0.1, -0.05) is 55.9 Å². The number of rotatable bonds is 2. The van der Waals surface area contributed by atoms with Crippen LogP contribution >= 0.6 is 0 Å². The Labute approximate surface area is 111 Å². The number of hydrogen-bond donors (Lipinski definition) is 0. The minimum absolute atomic E-state index is 0.187. The van der Waals surface area contributed by atoms with Crippen LogP contribution in [0.25, 0.3) is 0 Å². The molecule has 0 unspecified atom stereocenters. The zero-order valence-corrected chi connectivity index (χ0v) is 11.2. The van der Waals surface area contributed by atoms with Crippen LogP contribution in [0, 0.1) is 0 Å².